The minimum Gasteiger partial charge on any atom is -0.465 e. The quantitative estimate of drug-likeness (QED) is 0.675. The van der Waals surface area contributed by atoms with Gasteiger partial charge in [-0.15, -0.1) is 11.8 Å². The maximum Gasteiger partial charge on any atom is 0.319 e. The molecule has 2 atom stereocenters. The molecule has 1 aromatic carbocycles. The number of hydrogen-bond acceptors (Lipinski definition) is 5. The lowest BCUT2D eigenvalue weighted by atomic mass is 9.78. The Morgan fingerprint density at radius 1 is 1.48 bits per heavy atom. The van der Waals surface area contributed by atoms with Crippen molar-refractivity contribution >= 4 is 23.6 Å². The van der Waals surface area contributed by atoms with E-state index in [1.807, 2.05) is 6.07 Å². The first-order valence-electron chi connectivity index (χ1n) is 6.95. The number of allylic oxidation sites excluding steroid dienone is 1. The third-order valence-electron chi connectivity index (χ3n) is 3.51. The topological polar surface area (TPSA) is 79.2 Å². The summed E-state index contributed by atoms with van der Waals surface area (Å²) in [6, 6.07) is 7.81. The Balaban J connectivity index is 2.64. The molecule has 120 valence electrons. The van der Waals surface area contributed by atoms with Crippen LogP contribution in [0.25, 0.3) is 0 Å². The summed E-state index contributed by atoms with van der Waals surface area (Å²) < 4.78 is 19.2. The molecule has 5 nitrogen and oxygen atoms in total. The van der Waals surface area contributed by atoms with Gasteiger partial charge in [0.05, 0.1) is 23.3 Å². The number of esters is 1. The van der Waals surface area contributed by atoms with Gasteiger partial charge in [0.15, 0.2) is 0 Å². The number of benzene rings is 1. The lowest BCUT2D eigenvalue weighted by Gasteiger charge is -2.30. The smallest absolute Gasteiger partial charge is 0.319 e. The van der Waals surface area contributed by atoms with Crippen molar-refractivity contribution < 1.29 is 18.7 Å². The van der Waals surface area contributed by atoms with Crippen LogP contribution in [0.2, 0.25) is 0 Å². The highest BCUT2D eigenvalue weighted by atomic mass is 32.2. The molecule has 1 aromatic rings. The monoisotopic (exact) mass is 334 g/mol. The summed E-state index contributed by atoms with van der Waals surface area (Å²) in [5, 5.41) is 12.3. The standard InChI is InChI=1S/C16H15FN2O3S/c1-3-22-16(21)13-12(9-6-4-5-7-11(9)17)10(8-18)15(23-2)19-14(13)20/h4-7,12-13H,3H2,1-2H3,(H,19,20)/t12-,13-/m1/s1. The van der Waals surface area contributed by atoms with Gasteiger partial charge in [-0.3, -0.25) is 9.59 Å². The fourth-order valence-electron chi connectivity index (χ4n) is 2.54. The highest BCUT2D eigenvalue weighted by molar-refractivity contribution is 8.02. The van der Waals surface area contributed by atoms with Crippen molar-refractivity contribution in [3.63, 3.8) is 0 Å². The molecule has 2 rings (SSSR count). The van der Waals surface area contributed by atoms with Gasteiger partial charge in [0.1, 0.15) is 11.7 Å². The zero-order valence-electron chi connectivity index (χ0n) is 12.6. The molecular formula is C16H15FN2O3S. The molecule has 0 spiro atoms. The van der Waals surface area contributed by atoms with Crippen LogP contribution >= 0.6 is 11.8 Å². The Morgan fingerprint density at radius 2 is 2.17 bits per heavy atom. The van der Waals surface area contributed by atoms with Crippen molar-refractivity contribution in [3.8, 4) is 6.07 Å². The minimum atomic E-state index is -1.29. The number of rotatable bonds is 4. The van der Waals surface area contributed by atoms with Gasteiger partial charge in [-0.25, -0.2) is 4.39 Å². The lowest BCUT2D eigenvalue weighted by Crippen LogP contribution is -2.44. The average Bonchev–Trinajstić information content (AvgIpc) is 2.54. The summed E-state index contributed by atoms with van der Waals surface area (Å²) in [5.41, 5.74) is 0.281. The second-order valence-corrected chi connectivity index (χ2v) is 5.59. The van der Waals surface area contributed by atoms with Gasteiger partial charge in [0.2, 0.25) is 5.91 Å². The molecule has 0 saturated heterocycles. The summed E-state index contributed by atoms with van der Waals surface area (Å²) in [6.07, 6.45) is 1.69. The predicted molar refractivity (Wildman–Crippen MR) is 83.6 cm³/mol. The summed E-state index contributed by atoms with van der Waals surface area (Å²) in [5.74, 6) is -4.24. The Labute approximate surface area is 137 Å². The second-order valence-electron chi connectivity index (χ2n) is 4.78. The fraction of sp³-hybridized carbons (Fsp3) is 0.312. The molecule has 0 saturated carbocycles. The molecule has 1 N–H and O–H groups in total. The number of halogens is 1. The molecule has 1 aliphatic rings. The van der Waals surface area contributed by atoms with Crippen molar-refractivity contribution in [2.45, 2.75) is 12.8 Å². The SMILES string of the molecule is CCOC(=O)[C@H]1C(=O)NC(SC)=C(C#N)[C@H]1c1ccccc1F. The molecule has 1 aliphatic heterocycles. The van der Waals surface area contributed by atoms with E-state index in [9.17, 15) is 19.2 Å². The predicted octanol–water partition coefficient (Wildman–Crippen LogP) is 2.32. The van der Waals surface area contributed by atoms with E-state index in [1.54, 1.807) is 19.2 Å². The van der Waals surface area contributed by atoms with Gasteiger partial charge < -0.3 is 10.1 Å². The van der Waals surface area contributed by atoms with Crippen molar-refractivity contribution in [2.24, 2.45) is 5.92 Å². The molecule has 1 amide bonds. The van der Waals surface area contributed by atoms with E-state index in [4.69, 9.17) is 4.74 Å². The summed E-state index contributed by atoms with van der Waals surface area (Å²) in [6.45, 7) is 1.71. The number of nitriles is 1. The summed E-state index contributed by atoms with van der Waals surface area (Å²) in [4.78, 5) is 24.6. The van der Waals surface area contributed by atoms with Crippen LogP contribution in [0.4, 0.5) is 4.39 Å². The first kappa shape index (κ1) is 17.0. The number of carbonyl (C=O) groups excluding carboxylic acids is 2. The first-order valence-corrected chi connectivity index (χ1v) is 8.17. The van der Waals surface area contributed by atoms with Gasteiger partial charge in [0, 0.05) is 5.92 Å². The van der Waals surface area contributed by atoms with Crippen LogP contribution in [-0.2, 0) is 14.3 Å². The highest BCUT2D eigenvalue weighted by Crippen LogP contribution is 2.40. The molecule has 1 heterocycles. The van der Waals surface area contributed by atoms with E-state index in [1.165, 1.54) is 18.2 Å². The number of ether oxygens (including phenoxy) is 1. The molecule has 0 aliphatic carbocycles. The highest BCUT2D eigenvalue weighted by Gasteiger charge is 2.45. The number of amides is 1. The summed E-state index contributed by atoms with van der Waals surface area (Å²) in [7, 11) is 0. The van der Waals surface area contributed by atoms with Crippen molar-refractivity contribution in [2.75, 3.05) is 12.9 Å². The molecule has 0 bridgehead atoms. The molecule has 0 aromatic heterocycles. The number of hydrogen-bond donors (Lipinski definition) is 1. The maximum atomic E-state index is 14.2. The Morgan fingerprint density at radius 3 is 2.74 bits per heavy atom. The van der Waals surface area contributed by atoms with Gasteiger partial charge in [-0.05, 0) is 24.8 Å². The molecule has 0 radical (unpaired) electrons. The number of thioether (sulfide) groups is 1. The van der Waals surface area contributed by atoms with Crippen molar-refractivity contribution in [1.82, 2.24) is 5.32 Å². The first-order chi connectivity index (χ1) is 11.0. The van der Waals surface area contributed by atoms with Gasteiger partial charge >= 0.3 is 5.97 Å². The zero-order chi connectivity index (χ0) is 17.0. The van der Waals surface area contributed by atoms with Crippen LogP contribution < -0.4 is 5.32 Å². The fourth-order valence-corrected chi connectivity index (χ4v) is 3.13. The van der Waals surface area contributed by atoms with E-state index in [2.05, 4.69) is 5.32 Å². The van der Waals surface area contributed by atoms with Crippen LogP contribution in [-0.4, -0.2) is 24.7 Å². The van der Waals surface area contributed by atoms with Gasteiger partial charge in [0.25, 0.3) is 0 Å². The normalized spacial score (nSPS) is 20.7. The van der Waals surface area contributed by atoms with E-state index >= 15 is 0 Å². The van der Waals surface area contributed by atoms with Gasteiger partial charge in [-0.1, -0.05) is 18.2 Å². The Hall–Kier alpha value is -2.33. The zero-order valence-corrected chi connectivity index (χ0v) is 13.4. The molecule has 23 heavy (non-hydrogen) atoms. The van der Waals surface area contributed by atoms with Crippen LogP contribution in [0.5, 0.6) is 0 Å². The van der Waals surface area contributed by atoms with Crippen LogP contribution in [0.1, 0.15) is 18.4 Å². The number of nitrogens with one attached hydrogen (secondary N) is 1. The van der Waals surface area contributed by atoms with Crippen LogP contribution in [0, 0.1) is 23.1 Å². The lowest BCUT2D eigenvalue weighted by molar-refractivity contribution is -0.152. The van der Waals surface area contributed by atoms with E-state index in [-0.39, 0.29) is 17.7 Å². The number of carbonyl (C=O) groups is 2. The van der Waals surface area contributed by atoms with E-state index in [0.717, 1.165) is 11.8 Å². The minimum absolute atomic E-state index is 0.0909. The second kappa shape index (κ2) is 7.29. The van der Waals surface area contributed by atoms with Gasteiger partial charge in [-0.2, -0.15) is 5.26 Å². The van der Waals surface area contributed by atoms with E-state index in [0.29, 0.717) is 5.03 Å². The molecular weight excluding hydrogens is 319 g/mol. The Bertz CT molecular complexity index is 712. The maximum absolute atomic E-state index is 14.2. The molecule has 0 unspecified atom stereocenters. The van der Waals surface area contributed by atoms with Crippen molar-refractivity contribution in [1.29, 1.82) is 5.26 Å². The molecule has 0 fully saturated rings. The average molecular weight is 334 g/mol. The van der Waals surface area contributed by atoms with Crippen LogP contribution in [0.15, 0.2) is 34.9 Å². The third kappa shape index (κ3) is 3.22. The third-order valence-corrected chi connectivity index (χ3v) is 4.24. The van der Waals surface area contributed by atoms with Crippen molar-refractivity contribution in [3.05, 3.63) is 46.2 Å². The van der Waals surface area contributed by atoms with Crippen LogP contribution in [0.3, 0.4) is 0 Å². The van der Waals surface area contributed by atoms with E-state index < -0.39 is 29.5 Å². The summed E-state index contributed by atoms with van der Waals surface area (Å²) >= 11 is 1.16. The largest absolute Gasteiger partial charge is 0.465 e. The number of nitrogens with zero attached hydrogens (tertiary/aromatic N) is 1. The molecule has 7 heteroatoms. The Kier molecular flexibility index (Phi) is 5.40.